The number of carbonyl (C=O) groups excluding carboxylic acids is 1. The summed E-state index contributed by atoms with van der Waals surface area (Å²) in [5.74, 6) is -0.504. The van der Waals surface area contributed by atoms with Gasteiger partial charge in [-0.05, 0) is 59.7 Å². The second kappa shape index (κ2) is 11.1. The number of benzene rings is 2. The molecule has 1 saturated carbocycles. The predicted octanol–water partition coefficient (Wildman–Crippen LogP) is 6.35. The van der Waals surface area contributed by atoms with E-state index in [1.54, 1.807) is 17.2 Å². The SMILES string of the molecule is CCCc1ccc(-c2ccc(N(CC(N)C(C)CC)C(=O)C3CC3c3ncccc3F)cc2)cc1. The monoisotopic (exact) mass is 473 g/mol. The van der Waals surface area contributed by atoms with Gasteiger partial charge in [0.2, 0.25) is 5.91 Å². The van der Waals surface area contributed by atoms with E-state index in [2.05, 4.69) is 62.2 Å². The quantitative estimate of drug-likeness (QED) is 0.373. The molecular weight excluding hydrogens is 437 g/mol. The van der Waals surface area contributed by atoms with Gasteiger partial charge in [-0.2, -0.15) is 0 Å². The first-order chi connectivity index (χ1) is 16.9. The Morgan fingerprint density at radius 3 is 2.34 bits per heavy atom. The summed E-state index contributed by atoms with van der Waals surface area (Å²) in [5.41, 5.74) is 11.3. The van der Waals surface area contributed by atoms with Crippen molar-refractivity contribution >= 4 is 11.6 Å². The van der Waals surface area contributed by atoms with E-state index in [1.165, 1.54) is 11.6 Å². The first-order valence-electron chi connectivity index (χ1n) is 12.8. The minimum absolute atomic E-state index is 0.00419. The van der Waals surface area contributed by atoms with Crippen LogP contribution in [0.15, 0.2) is 66.9 Å². The fourth-order valence-corrected chi connectivity index (χ4v) is 4.64. The lowest BCUT2D eigenvalue weighted by molar-refractivity contribution is -0.120. The number of nitrogens with zero attached hydrogens (tertiary/aromatic N) is 2. The Labute approximate surface area is 208 Å². The number of anilines is 1. The third-order valence-corrected chi connectivity index (χ3v) is 7.28. The molecule has 0 aliphatic heterocycles. The number of hydrogen-bond donors (Lipinski definition) is 1. The Morgan fingerprint density at radius 1 is 1.09 bits per heavy atom. The lowest BCUT2D eigenvalue weighted by Crippen LogP contribution is -2.45. The van der Waals surface area contributed by atoms with Crippen molar-refractivity contribution in [3.8, 4) is 11.1 Å². The molecule has 184 valence electrons. The van der Waals surface area contributed by atoms with E-state index in [9.17, 15) is 9.18 Å². The van der Waals surface area contributed by atoms with Crippen molar-refractivity contribution in [2.75, 3.05) is 11.4 Å². The Balaban J connectivity index is 1.55. The summed E-state index contributed by atoms with van der Waals surface area (Å²) in [4.78, 5) is 19.6. The molecule has 0 radical (unpaired) electrons. The molecule has 4 rings (SSSR count). The van der Waals surface area contributed by atoms with E-state index in [0.717, 1.165) is 36.1 Å². The van der Waals surface area contributed by atoms with E-state index in [4.69, 9.17) is 5.73 Å². The molecule has 4 atom stereocenters. The average molecular weight is 474 g/mol. The molecule has 4 unspecified atom stereocenters. The number of hydrogen-bond acceptors (Lipinski definition) is 3. The molecule has 1 amide bonds. The fourth-order valence-electron chi connectivity index (χ4n) is 4.64. The highest BCUT2D eigenvalue weighted by Gasteiger charge is 2.48. The van der Waals surface area contributed by atoms with Gasteiger partial charge in [-0.1, -0.05) is 70.0 Å². The van der Waals surface area contributed by atoms with Gasteiger partial charge in [0.25, 0.3) is 0 Å². The standard InChI is InChI=1S/C30H36FN3O/c1-4-7-21-9-11-22(12-10-21)23-13-15-24(16-14-23)34(19-28(32)20(3)5-2)30(35)26-18-25(26)29-27(31)8-6-17-33-29/h6,8-17,20,25-26,28H,4-5,7,18-19,32H2,1-3H3. The molecule has 1 fully saturated rings. The second-order valence-electron chi connectivity index (χ2n) is 9.81. The highest BCUT2D eigenvalue weighted by Crippen LogP contribution is 2.49. The van der Waals surface area contributed by atoms with Gasteiger partial charge in [0.1, 0.15) is 5.82 Å². The smallest absolute Gasteiger partial charge is 0.230 e. The molecule has 5 heteroatoms. The lowest BCUT2D eigenvalue weighted by atomic mass is 9.98. The van der Waals surface area contributed by atoms with Crippen molar-refractivity contribution in [2.24, 2.45) is 17.6 Å². The van der Waals surface area contributed by atoms with Gasteiger partial charge in [-0.15, -0.1) is 0 Å². The Bertz CT molecular complexity index is 1130. The summed E-state index contributed by atoms with van der Waals surface area (Å²) < 4.78 is 14.3. The average Bonchev–Trinajstić information content (AvgIpc) is 3.68. The summed E-state index contributed by atoms with van der Waals surface area (Å²) in [7, 11) is 0. The van der Waals surface area contributed by atoms with Crippen molar-refractivity contribution in [1.82, 2.24) is 4.98 Å². The lowest BCUT2D eigenvalue weighted by Gasteiger charge is -2.29. The maximum Gasteiger partial charge on any atom is 0.230 e. The van der Waals surface area contributed by atoms with Crippen LogP contribution in [-0.4, -0.2) is 23.5 Å². The van der Waals surface area contributed by atoms with Gasteiger partial charge in [0, 0.05) is 36.3 Å². The summed E-state index contributed by atoms with van der Waals surface area (Å²) in [6, 6.07) is 19.6. The van der Waals surface area contributed by atoms with Crippen LogP contribution < -0.4 is 10.6 Å². The zero-order valence-electron chi connectivity index (χ0n) is 21.0. The molecule has 1 aliphatic rings. The molecular formula is C30H36FN3O. The van der Waals surface area contributed by atoms with Crippen LogP contribution in [0.1, 0.15) is 57.2 Å². The predicted molar refractivity (Wildman–Crippen MR) is 141 cm³/mol. The van der Waals surface area contributed by atoms with Gasteiger partial charge < -0.3 is 10.6 Å². The van der Waals surface area contributed by atoms with Crippen LogP contribution in [0.4, 0.5) is 10.1 Å². The number of pyridine rings is 1. The minimum Gasteiger partial charge on any atom is -0.326 e. The molecule has 2 N–H and O–H groups in total. The molecule has 3 aromatic rings. The van der Waals surface area contributed by atoms with Gasteiger partial charge >= 0.3 is 0 Å². The molecule has 1 heterocycles. The Kier molecular flexibility index (Phi) is 7.97. The molecule has 2 aromatic carbocycles. The summed E-state index contributed by atoms with van der Waals surface area (Å²) >= 11 is 0. The van der Waals surface area contributed by atoms with Gasteiger partial charge in [-0.25, -0.2) is 4.39 Å². The molecule has 0 saturated heterocycles. The number of amides is 1. The zero-order chi connectivity index (χ0) is 24.9. The third kappa shape index (κ3) is 5.79. The van der Waals surface area contributed by atoms with Crippen molar-refractivity contribution in [2.45, 2.75) is 58.4 Å². The molecule has 0 bridgehead atoms. The first kappa shape index (κ1) is 25.1. The summed E-state index contributed by atoms with van der Waals surface area (Å²) in [6.07, 6.45) is 5.36. The van der Waals surface area contributed by atoms with Crippen molar-refractivity contribution < 1.29 is 9.18 Å². The van der Waals surface area contributed by atoms with Crippen molar-refractivity contribution in [3.05, 3.63) is 83.9 Å². The molecule has 0 spiro atoms. The number of aromatic nitrogens is 1. The van der Waals surface area contributed by atoms with Crippen LogP contribution >= 0.6 is 0 Å². The highest BCUT2D eigenvalue weighted by atomic mass is 19.1. The van der Waals surface area contributed by atoms with Gasteiger partial charge in [0.05, 0.1) is 5.69 Å². The number of halogens is 1. The maximum atomic E-state index is 14.3. The van der Waals surface area contributed by atoms with Crippen LogP contribution in [-0.2, 0) is 11.2 Å². The van der Waals surface area contributed by atoms with Gasteiger partial charge in [-0.3, -0.25) is 9.78 Å². The van der Waals surface area contributed by atoms with Gasteiger partial charge in [0.15, 0.2) is 0 Å². The summed E-state index contributed by atoms with van der Waals surface area (Å²) in [5, 5.41) is 0. The summed E-state index contributed by atoms with van der Waals surface area (Å²) in [6.45, 7) is 6.84. The Morgan fingerprint density at radius 2 is 1.74 bits per heavy atom. The second-order valence-corrected chi connectivity index (χ2v) is 9.81. The molecule has 1 aliphatic carbocycles. The van der Waals surface area contributed by atoms with E-state index in [-0.39, 0.29) is 35.5 Å². The third-order valence-electron chi connectivity index (χ3n) is 7.28. The maximum absolute atomic E-state index is 14.3. The van der Waals surface area contributed by atoms with Crippen molar-refractivity contribution in [3.63, 3.8) is 0 Å². The Hall–Kier alpha value is -3.05. The highest BCUT2D eigenvalue weighted by molar-refractivity contribution is 5.97. The van der Waals surface area contributed by atoms with Crippen molar-refractivity contribution in [1.29, 1.82) is 0 Å². The normalized spacial score (nSPS) is 18.7. The van der Waals surface area contributed by atoms with Crippen LogP contribution in [0.5, 0.6) is 0 Å². The number of rotatable bonds is 10. The van der Waals surface area contributed by atoms with E-state index in [1.807, 2.05) is 12.1 Å². The molecule has 35 heavy (non-hydrogen) atoms. The van der Waals surface area contributed by atoms with Crippen LogP contribution in [0.2, 0.25) is 0 Å². The molecule has 4 nitrogen and oxygen atoms in total. The van der Waals surface area contributed by atoms with E-state index >= 15 is 0 Å². The fraction of sp³-hybridized carbons (Fsp3) is 0.400. The number of carbonyl (C=O) groups is 1. The zero-order valence-corrected chi connectivity index (χ0v) is 21.0. The van der Waals surface area contributed by atoms with E-state index in [0.29, 0.717) is 18.7 Å². The molecule has 1 aromatic heterocycles. The number of aryl methyl sites for hydroxylation is 1. The van der Waals surface area contributed by atoms with Crippen LogP contribution in [0, 0.1) is 17.7 Å². The topological polar surface area (TPSA) is 59.2 Å². The van der Waals surface area contributed by atoms with Crippen LogP contribution in [0.3, 0.4) is 0 Å². The van der Waals surface area contributed by atoms with Crippen LogP contribution in [0.25, 0.3) is 11.1 Å². The van der Waals surface area contributed by atoms with E-state index < -0.39 is 0 Å². The first-order valence-corrected chi connectivity index (χ1v) is 12.8. The largest absolute Gasteiger partial charge is 0.326 e. The number of nitrogens with two attached hydrogens (primary N) is 1. The minimum atomic E-state index is -0.343.